The van der Waals surface area contributed by atoms with Crippen molar-refractivity contribution in [2.75, 3.05) is 7.11 Å². The lowest BCUT2D eigenvalue weighted by molar-refractivity contribution is 0.413. The van der Waals surface area contributed by atoms with E-state index in [4.69, 9.17) is 28.6 Å². The molecule has 5 nitrogen and oxygen atoms in total. The fourth-order valence-electron chi connectivity index (χ4n) is 2.74. The molecule has 1 N–H and O–H groups in total. The summed E-state index contributed by atoms with van der Waals surface area (Å²) in [5, 5.41) is 0.951. The molecule has 0 amide bonds. The number of fused-ring (bicyclic) bond motifs is 1. The number of rotatable bonds is 5. The van der Waals surface area contributed by atoms with Crippen LogP contribution < -0.4 is 10.3 Å². The first-order valence-corrected chi connectivity index (χ1v) is 10.9. The number of nitrogens with zero attached hydrogens (tertiary/aromatic N) is 2. The standard InChI is InChI=1S/C19H13ClFN3O2S3/c1-26-14-7-4-11(20)8-13(14)24-16-15(29-19(24)27)17(25)23-18(22-16)28-9-10-2-5-12(21)6-3-10/h2-8H,9H2,1H3,(H,22,23,25). The van der Waals surface area contributed by atoms with Gasteiger partial charge in [-0.1, -0.05) is 46.8 Å². The molecule has 4 aromatic rings. The number of nitrogens with one attached hydrogen (secondary N) is 1. The summed E-state index contributed by atoms with van der Waals surface area (Å²) in [7, 11) is 1.55. The highest BCUT2D eigenvalue weighted by molar-refractivity contribution is 7.98. The van der Waals surface area contributed by atoms with Gasteiger partial charge in [0.25, 0.3) is 5.56 Å². The van der Waals surface area contributed by atoms with Crippen molar-refractivity contribution in [1.29, 1.82) is 0 Å². The minimum absolute atomic E-state index is 0.271. The van der Waals surface area contributed by atoms with Gasteiger partial charge in [-0.3, -0.25) is 9.36 Å². The Morgan fingerprint density at radius 3 is 2.79 bits per heavy atom. The molecule has 148 valence electrons. The first kappa shape index (κ1) is 20.1. The smallest absolute Gasteiger partial charge is 0.271 e. The Hall–Kier alpha value is -2.20. The van der Waals surface area contributed by atoms with Crippen LogP contribution in [0.1, 0.15) is 5.56 Å². The lowest BCUT2D eigenvalue weighted by Gasteiger charge is -2.11. The summed E-state index contributed by atoms with van der Waals surface area (Å²) in [5.74, 6) is 0.798. The molecule has 0 aliphatic heterocycles. The summed E-state index contributed by atoms with van der Waals surface area (Å²) in [4.78, 5) is 20.0. The van der Waals surface area contributed by atoms with Gasteiger partial charge in [0.1, 0.15) is 16.3 Å². The van der Waals surface area contributed by atoms with Gasteiger partial charge < -0.3 is 9.72 Å². The molecule has 10 heteroatoms. The molecule has 0 saturated carbocycles. The fraction of sp³-hybridized carbons (Fsp3) is 0.105. The van der Waals surface area contributed by atoms with Crippen molar-refractivity contribution in [1.82, 2.24) is 14.5 Å². The molecule has 0 atom stereocenters. The number of thioether (sulfide) groups is 1. The summed E-state index contributed by atoms with van der Waals surface area (Å²) in [6.07, 6.45) is 0. The van der Waals surface area contributed by atoms with Crippen molar-refractivity contribution in [3.05, 3.63) is 73.2 Å². The second-order valence-electron chi connectivity index (χ2n) is 5.96. The van der Waals surface area contributed by atoms with E-state index >= 15 is 0 Å². The average molecular weight is 466 g/mol. The molecule has 4 rings (SSSR count). The van der Waals surface area contributed by atoms with Gasteiger partial charge in [0.2, 0.25) is 0 Å². The zero-order valence-corrected chi connectivity index (χ0v) is 18.1. The average Bonchev–Trinajstić information content (AvgIpc) is 3.04. The van der Waals surface area contributed by atoms with Crippen LogP contribution in [0.2, 0.25) is 5.02 Å². The molecule has 0 aliphatic rings. The van der Waals surface area contributed by atoms with Crippen molar-refractivity contribution in [2.45, 2.75) is 10.9 Å². The molecule has 0 fully saturated rings. The lowest BCUT2D eigenvalue weighted by atomic mass is 10.2. The zero-order valence-electron chi connectivity index (χ0n) is 14.9. The highest BCUT2D eigenvalue weighted by Crippen LogP contribution is 2.32. The van der Waals surface area contributed by atoms with Crippen LogP contribution in [-0.2, 0) is 5.75 Å². The quantitative estimate of drug-likeness (QED) is 0.236. The van der Waals surface area contributed by atoms with Gasteiger partial charge in [-0.25, -0.2) is 9.37 Å². The third-order valence-electron chi connectivity index (χ3n) is 4.09. The number of halogens is 2. The van der Waals surface area contributed by atoms with E-state index in [0.29, 0.717) is 41.7 Å². The number of thiazole rings is 1. The van der Waals surface area contributed by atoms with Gasteiger partial charge in [0.05, 0.1) is 12.8 Å². The first-order valence-electron chi connectivity index (χ1n) is 8.33. The van der Waals surface area contributed by atoms with Crippen molar-refractivity contribution in [2.24, 2.45) is 0 Å². The Bertz CT molecular complexity index is 1320. The molecule has 2 heterocycles. The number of hydrogen-bond donors (Lipinski definition) is 1. The van der Waals surface area contributed by atoms with Crippen molar-refractivity contribution < 1.29 is 9.13 Å². The molecule has 0 radical (unpaired) electrons. The lowest BCUT2D eigenvalue weighted by Crippen LogP contribution is -2.09. The Labute approximate surface area is 183 Å². The van der Waals surface area contributed by atoms with Crippen LogP contribution in [0.4, 0.5) is 4.39 Å². The van der Waals surface area contributed by atoms with Crippen LogP contribution in [0, 0.1) is 9.77 Å². The van der Waals surface area contributed by atoms with E-state index in [1.807, 2.05) is 0 Å². The van der Waals surface area contributed by atoms with Gasteiger partial charge in [-0.05, 0) is 48.1 Å². The molecule has 0 spiro atoms. The van der Waals surface area contributed by atoms with E-state index in [2.05, 4.69) is 9.97 Å². The van der Waals surface area contributed by atoms with E-state index in [-0.39, 0.29) is 11.4 Å². The molecular weight excluding hydrogens is 453 g/mol. The molecular formula is C19H13ClFN3O2S3. The van der Waals surface area contributed by atoms with E-state index in [1.54, 1.807) is 42.0 Å². The topological polar surface area (TPSA) is 59.9 Å². The normalized spacial score (nSPS) is 11.1. The second kappa shape index (κ2) is 8.27. The van der Waals surface area contributed by atoms with Crippen molar-refractivity contribution >= 4 is 57.3 Å². The maximum Gasteiger partial charge on any atom is 0.271 e. The Kier molecular flexibility index (Phi) is 5.73. The minimum Gasteiger partial charge on any atom is -0.495 e. The SMILES string of the molecule is COc1ccc(Cl)cc1-n1c(=S)sc2c(=O)[nH]c(SCc3ccc(F)cc3)nc21. The van der Waals surface area contributed by atoms with Gasteiger partial charge in [0.15, 0.2) is 14.8 Å². The van der Waals surface area contributed by atoms with Gasteiger partial charge >= 0.3 is 0 Å². The number of benzene rings is 2. The Balaban J connectivity index is 1.80. The summed E-state index contributed by atoms with van der Waals surface area (Å²) >= 11 is 14.2. The van der Waals surface area contributed by atoms with E-state index in [1.165, 1.54) is 35.2 Å². The maximum absolute atomic E-state index is 13.1. The number of aromatic nitrogens is 3. The summed E-state index contributed by atoms with van der Waals surface area (Å²) < 4.78 is 21.1. The molecule has 29 heavy (non-hydrogen) atoms. The van der Waals surface area contributed by atoms with Crippen molar-refractivity contribution in [3.8, 4) is 11.4 Å². The van der Waals surface area contributed by atoms with Gasteiger partial charge in [0, 0.05) is 10.8 Å². The van der Waals surface area contributed by atoms with Crippen LogP contribution in [0.3, 0.4) is 0 Å². The molecule has 0 unspecified atom stereocenters. The number of H-pyrrole nitrogens is 1. The monoisotopic (exact) mass is 465 g/mol. The first-order chi connectivity index (χ1) is 14.0. The van der Waals surface area contributed by atoms with Crippen LogP contribution in [0.15, 0.2) is 52.4 Å². The van der Waals surface area contributed by atoms with Crippen molar-refractivity contribution in [3.63, 3.8) is 0 Å². The minimum atomic E-state index is -0.292. The van der Waals surface area contributed by atoms with Crippen LogP contribution in [-0.4, -0.2) is 21.6 Å². The van der Waals surface area contributed by atoms with Gasteiger partial charge in [-0.2, -0.15) is 0 Å². The number of hydrogen-bond acceptors (Lipinski definition) is 6. The van der Waals surface area contributed by atoms with Crippen LogP contribution >= 0.6 is 46.9 Å². The van der Waals surface area contributed by atoms with Crippen LogP contribution in [0.5, 0.6) is 5.75 Å². The highest BCUT2D eigenvalue weighted by atomic mass is 35.5. The molecule has 0 bridgehead atoms. The molecule has 2 aromatic heterocycles. The third kappa shape index (κ3) is 4.09. The number of methoxy groups -OCH3 is 1. The summed E-state index contributed by atoms with van der Waals surface area (Å²) in [5.41, 5.74) is 1.69. The fourth-order valence-corrected chi connectivity index (χ4v) is 4.98. The zero-order chi connectivity index (χ0) is 20.5. The van der Waals surface area contributed by atoms with E-state index in [9.17, 15) is 9.18 Å². The van der Waals surface area contributed by atoms with E-state index < -0.39 is 0 Å². The summed E-state index contributed by atoms with van der Waals surface area (Å²) in [6, 6.07) is 11.4. The number of ether oxygens (including phenoxy) is 1. The maximum atomic E-state index is 13.1. The Morgan fingerprint density at radius 2 is 2.07 bits per heavy atom. The van der Waals surface area contributed by atoms with Gasteiger partial charge in [-0.15, -0.1) is 0 Å². The largest absolute Gasteiger partial charge is 0.495 e. The predicted octanol–water partition coefficient (Wildman–Crippen LogP) is 5.60. The molecule has 2 aromatic carbocycles. The predicted molar refractivity (Wildman–Crippen MR) is 118 cm³/mol. The molecule has 0 saturated heterocycles. The van der Waals surface area contributed by atoms with E-state index in [0.717, 1.165) is 5.56 Å². The Morgan fingerprint density at radius 1 is 1.31 bits per heavy atom. The third-order valence-corrected chi connectivity index (χ3v) is 6.63. The second-order valence-corrected chi connectivity index (χ2v) is 9.00. The number of aromatic amines is 1. The van der Waals surface area contributed by atoms with Crippen LogP contribution in [0.25, 0.3) is 16.0 Å². The highest BCUT2D eigenvalue weighted by Gasteiger charge is 2.17. The molecule has 0 aliphatic carbocycles. The summed E-state index contributed by atoms with van der Waals surface area (Å²) in [6.45, 7) is 0.